The van der Waals surface area contributed by atoms with Crippen molar-refractivity contribution in [3.8, 4) is 11.5 Å². The average Bonchev–Trinajstić information content (AvgIpc) is 2.65. The molecule has 15 heavy (non-hydrogen) atoms. The standard InChI is InChI=1S/C12H14O3/c1-2-3-10(13)6-9-4-5-11-12(7-9)15-8-14-11/h2,4-5,7,10,13H,1,3,6,8H2. The van der Waals surface area contributed by atoms with Crippen molar-refractivity contribution in [2.75, 3.05) is 6.79 Å². The number of hydrogen-bond donors (Lipinski definition) is 1. The summed E-state index contributed by atoms with van der Waals surface area (Å²) in [6.45, 7) is 3.88. The number of ether oxygens (including phenoxy) is 2. The lowest BCUT2D eigenvalue weighted by Crippen LogP contribution is -2.08. The van der Waals surface area contributed by atoms with Gasteiger partial charge in [-0.2, -0.15) is 0 Å². The molecule has 0 bridgehead atoms. The normalized spacial score (nSPS) is 15.0. The van der Waals surface area contributed by atoms with Crippen molar-refractivity contribution in [1.82, 2.24) is 0 Å². The summed E-state index contributed by atoms with van der Waals surface area (Å²) in [6.07, 6.45) is 2.57. The molecule has 1 aromatic rings. The van der Waals surface area contributed by atoms with Crippen LogP contribution in [0, 0.1) is 0 Å². The van der Waals surface area contributed by atoms with Crippen LogP contribution < -0.4 is 9.47 Å². The predicted octanol–water partition coefficient (Wildman–Crippen LogP) is 1.89. The lowest BCUT2D eigenvalue weighted by atomic mass is 10.1. The van der Waals surface area contributed by atoms with E-state index in [1.807, 2.05) is 18.2 Å². The van der Waals surface area contributed by atoms with E-state index in [0.29, 0.717) is 12.8 Å². The fraction of sp³-hybridized carbons (Fsp3) is 0.333. The molecule has 1 aliphatic heterocycles. The molecule has 3 heteroatoms. The third-order valence-electron chi connectivity index (χ3n) is 2.35. The van der Waals surface area contributed by atoms with Gasteiger partial charge in [-0.25, -0.2) is 0 Å². The van der Waals surface area contributed by atoms with Gasteiger partial charge in [-0.1, -0.05) is 12.1 Å². The Morgan fingerprint density at radius 2 is 2.20 bits per heavy atom. The molecular weight excluding hydrogens is 192 g/mol. The zero-order chi connectivity index (χ0) is 10.7. The zero-order valence-electron chi connectivity index (χ0n) is 8.48. The van der Waals surface area contributed by atoms with Crippen molar-refractivity contribution < 1.29 is 14.6 Å². The number of aliphatic hydroxyl groups is 1. The van der Waals surface area contributed by atoms with Crippen LogP contribution in [0.25, 0.3) is 0 Å². The highest BCUT2D eigenvalue weighted by Gasteiger charge is 2.14. The Kier molecular flexibility index (Phi) is 2.92. The van der Waals surface area contributed by atoms with E-state index >= 15 is 0 Å². The lowest BCUT2D eigenvalue weighted by Gasteiger charge is -2.08. The highest BCUT2D eigenvalue weighted by atomic mass is 16.7. The molecule has 0 amide bonds. The van der Waals surface area contributed by atoms with E-state index in [9.17, 15) is 5.11 Å². The van der Waals surface area contributed by atoms with Gasteiger partial charge in [-0.15, -0.1) is 6.58 Å². The predicted molar refractivity (Wildman–Crippen MR) is 57.1 cm³/mol. The first-order chi connectivity index (χ1) is 7.29. The Morgan fingerprint density at radius 1 is 1.40 bits per heavy atom. The van der Waals surface area contributed by atoms with Crippen molar-refractivity contribution in [3.63, 3.8) is 0 Å². The first kappa shape index (κ1) is 10.1. The molecule has 0 radical (unpaired) electrons. The van der Waals surface area contributed by atoms with Gasteiger partial charge in [-0.05, 0) is 30.5 Å². The van der Waals surface area contributed by atoms with E-state index in [1.165, 1.54) is 0 Å². The number of rotatable bonds is 4. The van der Waals surface area contributed by atoms with Crippen LogP contribution >= 0.6 is 0 Å². The first-order valence-electron chi connectivity index (χ1n) is 4.97. The van der Waals surface area contributed by atoms with Gasteiger partial charge in [0, 0.05) is 0 Å². The summed E-state index contributed by atoms with van der Waals surface area (Å²) in [5.41, 5.74) is 1.05. The van der Waals surface area contributed by atoms with Crippen molar-refractivity contribution >= 4 is 0 Å². The van der Waals surface area contributed by atoms with Gasteiger partial charge in [0.05, 0.1) is 6.10 Å². The zero-order valence-corrected chi connectivity index (χ0v) is 8.48. The number of hydrogen-bond acceptors (Lipinski definition) is 3. The molecule has 0 saturated heterocycles. The smallest absolute Gasteiger partial charge is 0.231 e. The van der Waals surface area contributed by atoms with E-state index in [-0.39, 0.29) is 12.9 Å². The average molecular weight is 206 g/mol. The van der Waals surface area contributed by atoms with Crippen LogP contribution in [0.4, 0.5) is 0 Å². The summed E-state index contributed by atoms with van der Waals surface area (Å²) < 4.78 is 10.5. The molecule has 1 aromatic carbocycles. The van der Waals surface area contributed by atoms with E-state index in [1.54, 1.807) is 6.08 Å². The Morgan fingerprint density at radius 3 is 3.00 bits per heavy atom. The van der Waals surface area contributed by atoms with Gasteiger partial charge in [0.25, 0.3) is 0 Å². The SMILES string of the molecule is C=CCC(O)Cc1ccc2c(c1)OCO2. The summed E-state index contributed by atoms with van der Waals surface area (Å²) in [5, 5.41) is 9.61. The fourth-order valence-corrected chi connectivity index (χ4v) is 1.62. The van der Waals surface area contributed by atoms with Gasteiger partial charge in [0.1, 0.15) is 0 Å². The summed E-state index contributed by atoms with van der Waals surface area (Å²) in [5.74, 6) is 1.54. The van der Waals surface area contributed by atoms with E-state index in [0.717, 1.165) is 17.1 Å². The van der Waals surface area contributed by atoms with Crippen molar-refractivity contribution in [3.05, 3.63) is 36.4 Å². The highest BCUT2D eigenvalue weighted by Crippen LogP contribution is 2.32. The number of fused-ring (bicyclic) bond motifs is 1. The van der Waals surface area contributed by atoms with Crippen LogP contribution in [0.3, 0.4) is 0 Å². The quantitative estimate of drug-likeness (QED) is 0.764. The minimum absolute atomic E-state index is 0.286. The summed E-state index contributed by atoms with van der Waals surface area (Å²) >= 11 is 0. The maximum absolute atomic E-state index is 9.61. The van der Waals surface area contributed by atoms with E-state index in [4.69, 9.17) is 9.47 Å². The molecule has 2 rings (SSSR count). The van der Waals surface area contributed by atoms with Crippen LogP contribution in [0.5, 0.6) is 11.5 Å². The Balaban J connectivity index is 2.06. The van der Waals surface area contributed by atoms with Crippen LogP contribution in [-0.2, 0) is 6.42 Å². The monoisotopic (exact) mass is 206 g/mol. The van der Waals surface area contributed by atoms with Crippen LogP contribution in [0.1, 0.15) is 12.0 Å². The molecule has 80 valence electrons. The number of benzene rings is 1. The molecule has 0 saturated carbocycles. The van der Waals surface area contributed by atoms with Crippen molar-refractivity contribution in [1.29, 1.82) is 0 Å². The van der Waals surface area contributed by atoms with Gasteiger partial charge >= 0.3 is 0 Å². The van der Waals surface area contributed by atoms with Crippen LogP contribution in [0.2, 0.25) is 0 Å². The fourth-order valence-electron chi connectivity index (χ4n) is 1.62. The maximum atomic E-state index is 9.61. The van der Waals surface area contributed by atoms with Gasteiger partial charge in [-0.3, -0.25) is 0 Å². The second-order valence-electron chi connectivity index (χ2n) is 3.57. The molecule has 3 nitrogen and oxygen atoms in total. The molecule has 0 aliphatic carbocycles. The molecule has 1 N–H and O–H groups in total. The van der Waals surface area contributed by atoms with Gasteiger partial charge < -0.3 is 14.6 Å². The molecule has 1 aliphatic rings. The maximum Gasteiger partial charge on any atom is 0.231 e. The van der Waals surface area contributed by atoms with E-state index < -0.39 is 0 Å². The Bertz CT molecular complexity index is 360. The van der Waals surface area contributed by atoms with Crippen LogP contribution in [-0.4, -0.2) is 18.0 Å². The van der Waals surface area contributed by atoms with E-state index in [2.05, 4.69) is 6.58 Å². The van der Waals surface area contributed by atoms with Gasteiger partial charge in [0.2, 0.25) is 6.79 Å². The van der Waals surface area contributed by atoms with Gasteiger partial charge in [0.15, 0.2) is 11.5 Å². The highest BCUT2D eigenvalue weighted by molar-refractivity contribution is 5.44. The molecule has 0 spiro atoms. The summed E-state index contributed by atoms with van der Waals surface area (Å²) in [6, 6.07) is 5.73. The third-order valence-corrected chi connectivity index (χ3v) is 2.35. The van der Waals surface area contributed by atoms with Crippen molar-refractivity contribution in [2.45, 2.75) is 18.9 Å². The second-order valence-corrected chi connectivity index (χ2v) is 3.57. The summed E-state index contributed by atoms with van der Waals surface area (Å²) in [7, 11) is 0. The number of aliphatic hydroxyl groups excluding tert-OH is 1. The molecule has 1 heterocycles. The summed E-state index contributed by atoms with van der Waals surface area (Å²) in [4.78, 5) is 0. The molecule has 1 atom stereocenters. The topological polar surface area (TPSA) is 38.7 Å². The Hall–Kier alpha value is -1.48. The second kappa shape index (κ2) is 4.36. The molecule has 0 aromatic heterocycles. The van der Waals surface area contributed by atoms with Crippen molar-refractivity contribution in [2.24, 2.45) is 0 Å². The molecule has 0 fully saturated rings. The lowest BCUT2D eigenvalue weighted by molar-refractivity contribution is 0.173. The minimum Gasteiger partial charge on any atom is -0.454 e. The third kappa shape index (κ3) is 2.30. The first-order valence-corrected chi connectivity index (χ1v) is 4.97. The Labute approximate surface area is 88.9 Å². The molecular formula is C12H14O3. The minimum atomic E-state index is -0.372. The largest absolute Gasteiger partial charge is 0.454 e. The molecule has 1 unspecified atom stereocenters. The van der Waals surface area contributed by atoms with Crippen LogP contribution in [0.15, 0.2) is 30.9 Å².